The summed E-state index contributed by atoms with van der Waals surface area (Å²) in [6.45, 7) is 1.61. The van der Waals surface area contributed by atoms with Crippen LogP contribution in [0.25, 0.3) is 10.6 Å². The van der Waals surface area contributed by atoms with Crippen LogP contribution in [0.5, 0.6) is 5.75 Å². The number of carboxylic acid groups (broad SMARTS) is 1. The fourth-order valence-electron chi connectivity index (χ4n) is 1.54. The largest absolute Gasteiger partial charge is 0.497 e. The van der Waals surface area contributed by atoms with E-state index in [-0.39, 0.29) is 0 Å². The van der Waals surface area contributed by atoms with Crippen LogP contribution < -0.4 is 9.64 Å². The van der Waals surface area contributed by atoms with Gasteiger partial charge in [0.05, 0.1) is 7.11 Å². The van der Waals surface area contributed by atoms with Gasteiger partial charge in [-0.05, 0) is 31.2 Å². The lowest BCUT2D eigenvalue weighted by molar-refractivity contribution is -0.138. The minimum absolute atomic E-state index is 0.575. The minimum atomic E-state index is -0.895. The predicted octanol–water partition coefficient (Wildman–Crippen LogP) is 2.12. The van der Waals surface area contributed by atoms with E-state index in [9.17, 15) is 4.79 Å². The second-order valence-electron chi connectivity index (χ2n) is 4.24. The maximum atomic E-state index is 11.0. The van der Waals surface area contributed by atoms with Crippen molar-refractivity contribution in [3.8, 4) is 16.3 Å². The molecule has 1 aromatic carbocycles. The quantitative estimate of drug-likeness (QED) is 0.910. The Bertz CT molecular complexity index is 597. The van der Waals surface area contributed by atoms with Crippen molar-refractivity contribution in [1.82, 2.24) is 10.2 Å². The Labute approximate surface area is 120 Å². The molecule has 7 heteroatoms. The van der Waals surface area contributed by atoms with Gasteiger partial charge in [-0.2, -0.15) is 0 Å². The smallest absolute Gasteiger partial charge is 0.326 e. The first kappa shape index (κ1) is 14.3. The van der Waals surface area contributed by atoms with Crippen molar-refractivity contribution in [2.75, 3.05) is 19.1 Å². The highest BCUT2D eigenvalue weighted by Gasteiger charge is 2.20. The maximum absolute atomic E-state index is 11.0. The number of ether oxygens (including phenoxy) is 1. The summed E-state index contributed by atoms with van der Waals surface area (Å²) in [4.78, 5) is 12.6. The maximum Gasteiger partial charge on any atom is 0.326 e. The Balaban J connectivity index is 2.21. The van der Waals surface area contributed by atoms with Crippen LogP contribution in [-0.4, -0.2) is 41.5 Å². The number of hydrogen-bond acceptors (Lipinski definition) is 6. The lowest BCUT2D eigenvalue weighted by atomic mass is 10.2. The van der Waals surface area contributed by atoms with Crippen LogP contribution in [0.3, 0.4) is 0 Å². The van der Waals surface area contributed by atoms with Crippen LogP contribution in [0.1, 0.15) is 6.92 Å². The van der Waals surface area contributed by atoms with E-state index in [1.165, 1.54) is 11.3 Å². The molecular formula is C13H15N3O3S. The number of aliphatic carboxylic acids is 1. The topological polar surface area (TPSA) is 75.6 Å². The average molecular weight is 293 g/mol. The number of hydrogen-bond donors (Lipinski definition) is 1. The van der Waals surface area contributed by atoms with E-state index in [1.54, 1.807) is 26.0 Å². The number of carboxylic acids is 1. The third kappa shape index (κ3) is 2.88. The molecule has 1 unspecified atom stereocenters. The van der Waals surface area contributed by atoms with Gasteiger partial charge in [0.15, 0.2) is 0 Å². The molecule has 0 fully saturated rings. The molecule has 0 aliphatic carbocycles. The van der Waals surface area contributed by atoms with Crippen LogP contribution in [0, 0.1) is 0 Å². The molecule has 6 nitrogen and oxygen atoms in total. The van der Waals surface area contributed by atoms with E-state index in [0.29, 0.717) is 5.13 Å². The van der Waals surface area contributed by atoms with Gasteiger partial charge in [-0.15, -0.1) is 10.2 Å². The number of carbonyl (C=O) groups is 1. The molecule has 0 spiro atoms. The SMILES string of the molecule is COc1ccc(-c2nnc(N(C)C(C)C(=O)O)s2)cc1. The van der Waals surface area contributed by atoms with Crippen molar-refractivity contribution in [2.45, 2.75) is 13.0 Å². The highest BCUT2D eigenvalue weighted by Crippen LogP contribution is 2.29. The normalized spacial score (nSPS) is 11.9. The monoisotopic (exact) mass is 293 g/mol. The van der Waals surface area contributed by atoms with E-state index in [0.717, 1.165) is 16.3 Å². The molecule has 20 heavy (non-hydrogen) atoms. The number of benzene rings is 1. The summed E-state index contributed by atoms with van der Waals surface area (Å²) in [5, 5.41) is 18.4. The van der Waals surface area contributed by atoms with Gasteiger partial charge in [-0.25, -0.2) is 4.79 Å². The number of nitrogens with zero attached hydrogens (tertiary/aromatic N) is 3. The standard InChI is InChI=1S/C13H15N3O3S/c1-8(12(17)18)16(2)13-15-14-11(20-13)9-4-6-10(19-3)7-5-9/h4-8H,1-3H3,(H,17,18). The third-order valence-corrected chi connectivity index (χ3v) is 4.05. The Kier molecular flexibility index (Phi) is 4.19. The summed E-state index contributed by atoms with van der Waals surface area (Å²) in [7, 11) is 3.30. The van der Waals surface area contributed by atoms with E-state index < -0.39 is 12.0 Å². The Morgan fingerprint density at radius 1 is 1.35 bits per heavy atom. The zero-order chi connectivity index (χ0) is 14.7. The van der Waals surface area contributed by atoms with Crippen molar-refractivity contribution < 1.29 is 14.6 Å². The lowest BCUT2D eigenvalue weighted by Crippen LogP contribution is -2.35. The number of anilines is 1. The van der Waals surface area contributed by atoms with Crippen LogP contribution in [0.4, 0.5) is 5.13 Å². The Morgan fingerprint density at radius 3 is 2.55 bits per heavy atom. The van der Waals surface area contributed by atoms with Crippen molar-refractivity contribution in [2.24, 2.45) is 0 Å². The molecule has 0 radical (unpaired) electrons. The minimum Gasteiger partial charge on any atom is -0.497 e. The summed E-state index contributed by atoms with van der Waals surface area (Å²) in [6.07, 6.45) is 0. The van der Waals surface area contributed by atoms with Gasteiger partial charge >= 0.3 is 5.97 Å². The fourth-order valence-corrected chi connectivity index (χ4v) is 2.43. The Hall–Kier alpha value is -2.15. The molecule has 1 heterocycles. The zero-order valence-electron chi connectivity index (χ0n) is 11.4. The molecule has 0 saturated heterocycles. The predicted molar refractivity (Wildman–Crippen MR) is 77.4 cm³/mol. The number of rotatable bonds is 5. The van der Waals surface area contributed by atoms with Crippen molar-refractivity contribution >= 4 is 22.4 Å². The van der Waals surface area contributed by atoms with E-state index in [2.05, 4.69) is 10.2 Å². The number of methoxy groups -OCH3 is 1. The summed E-state index contributed by atoms with van der Waals surface area (Å²) >= 11 is 1.35. The molecule has 1 N–H and O–H groups in total. The van der Waals surface area contributed by atoms with Crippen molar-refractivity contribution in [3.05, 3.63) is 24.3 Å². The van der Waals surface area contributed by atoms with Gasteiger partial charge in [0.25, 0.3) is 0 Å². The second kappa shape index (κ2) is 5.87. The molecule has 2 aromatic rings. The molecule has 0 bridgehead atoms. The molecule has 0 aliphatic heterocycles. The van der Waals surface area contributed by atoms with Crippen molar-refractivity contribution in [1.29, 1.82) is 0 Å². The van der Waals surface area contributed by atoms with Crippen LogP contribution in [-0.2, 0) is 4.79 Å². The molecule has 106 valence electrons. The zero-order valence-corrected chi connectivity index (χ0v) is 12.2. The summed E-state index contributed by atoms with van der Waals surface area (Å²) in [6, 6.07) is 6.83. The van der Waals surface area contributed by atoms with Gasteiger partial charge in [0.1, 0.15) is 16.8 Å². The molecule has 1 atom stereocenters. The fraction of sp³-hybridized carbons (Fsp3) is 0.308. The first-order valence-electron chi connectivity index (χ1n) is 5.96. The molecular weight excluding hydrogens is 278 g/mol. The third-order valence-electron chi connectivity index (χ3n) is 2.99. The summed E-state index contributed by atoms with van der Waals surface area (Å²) < 4.78 is 5.10. The highest BCUT2D eigenvalue weighted by atomic mass is 32.1. The van der Waals surface area contributed by atoms with Crippen LogP contribution >= 0.6 is 11.3 Å². The lowest BCUT2D eigenvalue weighted by Gasteiger charge is -2.19. The van der Waals surface area contributed by atoms with Crippen molar-refractivity contribution in [3.63, 3.8) is 0 Å². The van der Waals surface area contributed by atoms with Gasteiger partial charge in [0, 0.05) is 12.6 Å². The Morgan fingerprint density at radius 2 is 2.00 bits per heavy atom. The van der Waals surface area contributed by atoms with Gasteiger partial charge in [0.2, 0.25) is 5.13 Å². The first-order chi connectivity index (χ1) is 9.52. The molecule has 0 amide bonds. The number of likely N-dealkylation sites (N-methyl/N-ethyl adjacent to an activating group) is 1. The van der Waals surface area contributed by atoms with Crippen LogP contribution in [0.15, 0.2) is 24.3 Å². The first-order valence-corrected chi connectivity index (χ1v) is 6.78. The highest BCUT2D eigenvalue weighted by molar-refractivity contribution is 7.18. The second-order valence-corrected chi connectivity index (χ2v) is 5.20. The van der Waals surface area contributed by atoms with E-state index in [1.807, 2.05) is 24.3 Å². The van der Waals surface area contributed by atoms with Gasteiger partial charge in [-0.1, -0.05) is 11.3 Å². The van der Waals surface area contributed by atoms with Gasteiger partial charge < -0.3 is 14.7 Å². The molecule has 1 aromatic heterocycles. The number of aromatic nitrogens is 2. The van der Waals surface area contributed by atoms with E-state index >= 15 is 0 Å². The van der Waals surface area contributed by atoms with Crippen LogP contribution in [0.2, 0.25) is 0 Å². The van der Waals surface area contributed by atoms with E-state index in [4.69, 9.17) is 9.84 Å². The average Bonchev–Trinajstić information content (AvgIpc) is 2.95. The molecule has 2 rings (SSSR count). The summed E-state index contributed by atoms with van der Waals surface area (Å²) in [5.41, 5.74) is 0.922. The molecule has 0 aliphatic rings. The molecule has 0 saturated carbocycles. The van der Waals surface area contributed by atoms with Gasteiger partial charge in [-0.3, -0.25) is 0 Å². The summed E-state index contributed by atoms with van der Waals surface area (Å²) in [5.74, 6) is -0.121.